The zero-order valence-electron chi connectivity index (χ0n) is 16.3. The smallest absolute Gasteiger partial charge is 0.321 e. The zero-order valence-corrected chi connectivity index (χ0v) is 17.1. The second-order valence-corrected chi connectivity index (χ2v) is 9.03. The first-order valence-corrected chi connectivity index (χ1v) is 10.1. The third-order valence-electron chi connectivity index (χ3n) is 3.53. The summed E-state index contributed by atoms with van der Waals surface area (Å²) in [6.07, 6.45) is 0. The molecule has 0 radical (unpaired) electrons. The zero-order chi connectivity index (χ0) is 20.9. The van der Waals surface area contributed by atoms with Crippen LogP contribution in [0.5, 0.6) is 0 Å². The Balaban J connectivity index is 2.00. The lowest BCUT2D eigenvalue weighted by Gasteiger charge is -2.19. The van der Waals surface area contributed by atoms with E-state index in [4.69, 9.17) is 4.74 Å². The molecule has 2 N–H and O–H groups in total. The molecule has 0 heterocycles. The fraction of sp³-hybridized carbons (Fsp3) is 0.300. The molecule has 0 atom stereocenters. The summed E-state index contributed by atoms with van der Waals surface area (Å²) in [5.74, 6) is -0.958. The monoisotopic (exact) mass is 404 g/mol. The molecule has 0 aromatic heterocycles. The second kappa shape index (κ2) is 8.53. The van der Waals surface area contributed by atoms with Crippen LogP contribution in [0.2, 0.25) is 0 Å². The summed E-state index contributed by atoms with van der Waals surface area (Å²) in [7, 11) is -3.88. The molecule has 2 aromatic rings. The van der Waals surface area contributed by atoms with Gasteiger partial charge in [-0.1, -0.05) is 17.7 Å². The van der Waals surface area contributed by atoms with Crippen molar-refractivity contribution in [3.05, 3.63) is 59.7 Å². The van der Waals surface area contributed by atoms with Gasteiger partial charge >= 0.3 is 5.97 Å². The molecule has 8 heteroatoms. The Morgan fingerprint density at radius 3 is 2.25 bits per heavy atom. The van der Waals surface area contributed by atoms with Crippen LogP contribution >= 0.6 is 0 Å². The summed E-state index contributed by atoms with van der Waals surface area (Å²) in [5, 5.41) is 2.71. The Hall–Kier alpha value is -2.71. The van der Waals surface area contributed by atoms with E-state index >= 15 is 0 Å². The van der Waals surface area contributed by atoms with E-state index in [9.17, 15) is 18.0 Å². The summed E-state index contributed by atoms with van der Waals surface area (Å²) >= 11 is 0. The molecule has 0 unspecified atom stereocenters. The molecule has 7 nitrogen and oxygen atoms in total. The van der Waals surface area contributed by atoms with E-state index in [1.165, 1.54) is 24.3 Å². The van der Waals surface area contributed by atoms with Crippen LogP contribution in [-0.4, -0.2) is 32.4 Å². The summed E-state index contributed by atoms with van der Waals surface area (Å²) in [4.78, 5) is 23.9. The molecule has 2 aromatic carbocycles. The number of sulfonamides is 1. The first-order valence-electron chi connectivity index (χ1n) is 8.66. The van der Waals surface area contributed by atoms with Crippen LogP contribution in [0.1, 0.15) is 36.7 Å². The Kier molecular flexibility index (Phi) is 6.58. The molecule has 0 saturated carbocycles. The van der Waals surface area contributed by atoms with Gasteiger partial charge in [-0.15, -0.1) is 0 Å². The van der Waals surface area contributed by atoms with E-state index in [2.05, 4.69) is 10.0 Å². The number of hydrogen-bond acceptors (Lipinski definition) is 5. The van der Waals surface area contributed by atoms with Gasteiger partial charge in [-0.2, -0.15) is 4.72 Å². The lowest BCUT2D eigenvalue weighted by atomic mass is 10.1. The quantitative estimate of drug-likeness (QED) is 0.721. The van der Waals surface area contributed by atoms with Gasteiger partial charge in [0.1, 0.15) is 12.1 Å². The molecule has 0 bridgehead atoms. The number of amides is 1. The first-order chi connectivity index (χ1) is 13.0. The fourth-order valence-corrected chi connectivity index (χ4v) is 3.29. The van der Waals surface area contributed by atoms with Crippen molar-refractivity contribution < 1.29 is 22.7 Å². The van der Waals surface area contributed by atoms with Crippen molar-refractivity contribution in [2.75, 3.05) is 11.9 Å². The largest absolute Gasteiger partial charge is 0.459 e. The maximum atomic E-state index is 12.3. The van der Waals surface area contributed by atoms with E-state index in [1.54, 1.807) is 39.0 Å². The Morgan fingerprint density at radius 2 is 1.68 bits per heavy atom. The maximum Gasteiger partial charge on any atom is 0.321 e. The number of carbonyl (C=O) groups excluding carboxylic acids is 2. The van der Waals surface area contributed by atoms with Crippen LogP contribution < -0.4 is 10.0 Å². The molecule has 0 saturated heterocycles. The van der Waals surface area contributed by atoms with Gasteiger partial charge in [-0.3, -0.25) is 9.59 Å². The molecule has 0 spiro atoms. The standard InChI is InChI=1S/C20H24N2O5S/c1-14-6-5-7-15(12-14)19(24)22-16-8-10-17(11-9-16)28(25,26)21-13-18(23)27-20(2,3)4/h5-12,21H,13H2,1-4H3,(H,22,24). The highest BCUT2D eigenvalue weighted by Crippen LogP contribution is 2.15. The number of rotatable bonds is 6. The van der Waals surface area contributed by atoms with Gasteiger partial charge in [0, 0.05) is 11.3 Å². The van der Waals surface area contributed by atoms with Crippen LogP contribution in [0, 0.1) is 6.92 Å². The Labute approximate surface area is 165 Å². The van der Waals surface area contributed by atoms with Crippen LogP contribution in [-0.2, 0) is 19.6 Å². The lowest BCUT2D eigenvalue weighted by Crippen LogP contribution is -2.34. The van der Waals surface area contributed by atoms with E-state index in [-0.39, 0.29) is 10.8 Å². The molecular formula is C20H24N2O5S. The molecule has 28 heavy (non-hydrogen) atoms. The van der Waals surface area contributed by atoms with Crippen molar-refractivity contribution >= 4 is 27.6 Å². The molecular weight excluding hydrogens is 380 g/mol. The fourth-order valence-electron chi connectivity index (χ4n) is 2.32. The number of carbonyl (C=O) groups is 2. The maximum absolute atomic E-state index is 12.3. The highest BCUT2D eigenvalue weighted by molar-refractivity contribution is 7.89. The Bertz CT molecular complexity index is 961. The van der Waals surface area contributed by atoms with Crippen molar-refractivity contribution in [1.82, 2.24) is 4.72 Å². The minimum absolute atomic E-state index is 0.0235. The number of ether oxygens (including phenoxy) is 1. The average Bonchev–Trinajstić information content (AvgIpc) is 2.59. The van der Waals surface area contributed by atoms with Crippen molar-refractivity contribution in [3.8, 4) is 0 Å². The van der Waals surface area contributed by atoms with E-state index in [1.807, 2.05) is 13.0 Å². The van der Waals surface area contributed by atoms with Crippen LogP contribution in [0.3, 0.4) is 0 Å². The number of aryl methyl sites for hydroxylation is 1. The topological polar surface area (TPSA) is 102 Å². The highest BCUT2D eigenvalue weighted by atomic mass is 32.2. The number of benzene rings is 2. The van der Waals surface area contributed by atoms with Gasteiger partial charge < -0.3 is 10.1 Å². The predicted molar refractivity (Wildman–Crippen MR) is 107 cm³/mol. The van der Waals surface area contributed by atoms with Gasteiger partial charge in [0.15, 0.2) is 0 Å². The van der Waals surface area contributed by atoms with Crippen LogP contribution in [0.4, 0.5) is 5.69 Å². The van der Waals surface area contributed by atoms with Gasteiger partial charge in [-0.25, -0.2) is 8.42 Å². The Morgan fingerprint density at radius 1 is 1.04 bits per heavy atom. The van der Waals surface area contributed by atoms with Gasteiger partial charge in [-0.05, 0) is 64.1 Å². The third kappa shape index (κ3) is 6.47. The van der Waals surface area contributed by atoms with Crippen molar-refractivity contribution in [3.63, 3.8) is 0 Å². The number of nitrogens with one attached hydrogen (secondary N) is 2. The number of esters is 1. The minimum atomic E-state index is -3.88. The summed E-state index contributed by atoms with van der Waals surface area (Å²) in [6, 6.07) is 12.8. The molecule has 0 aliphatic heterocycles. The van der Waals surface area contributed by atoms with Crippen molar-refractivity contribution in [1.29, 1.82) is 0 Å². The first kappa shape index (κ1) is 21.6. The lowest BCUT2D eigenvalue weighted by molar-refractivity contribution is -0.153. The average molecular weight is 404 g/mol. The van der Waals surface area contributed by atoms with Crippen molar-refractivity contribution in [2.45, 2.75) is 38.2 Å². The number of anilines is 1. The van der Waals surface area contributed by atoms with Gasteiger partial charge in [0.05, 0.1) is 4.90 Å². The van der Waals surface area contributed by atoms with Crippen LogP contribution in [0.25, 0.3) is 0 Å². The minimum Gasteiger partial charge on any atom is -0.459 e. The molecule has 0 fully saturated rings. The molecule has 150 valence electrons. The molecule has 0 aliphatic carbocycles. The third-order valence-corrected chi connectivity index (χ3v) is 4.95. The summed E-state index contributed by atoms with van der Waals surface area (Å²) < 4.78 is 31.8. The van der Waals surface area contributed by atoms with E-state index in [0.717, 1.165) is 5.56 Å². The van der Waals surface area contributed by atoms with E-state index in [0.29, 0.717) is 11.3 Å². The second-order valence-electron chi connectivity index (χ2n) is 7.26. The molecule has 0 aliphatic rings. The van der Waals surface area contributed by atoms with Gasteiger partial charge in [0.2, 0.25) is 10.0 Å². The van der Waals surface area contributed by atoms with Crippen LogP contribution in [0.15, 0.2) is 53.4 Å². The summed E-state index contributed by atoms with van der Waals surface area (Å²) in [5.41, 5.74) is 1.23. The molecule has 2 rings (SSSR count). The molecule has 1 amide bonds. The van der Waals surface area contributed by atoms with E-state index < -0.39 is 28.1 Å². The predicted octanol–water partition coefficient (Wildman–Crippen LogP) is 2.87. The highest BCUT2D eigenvalue weighted by Gasteiger charge is 2.20. The van der Waals surface area contributed by atoms with Gasteiger partial charge in [0.25, 0.3) is 5.91 Å². The van der Waals surface area contributed by atoms with Crippen molar-refractivity contribution in [2.24, 2.45) is 0 Å². The summed E-state index contributed by atoms with van der Waals surface area (Å²) in [6.45, 7) is 6.52. The SMILES string of the molecule is Cc1cccc(C(=O)Nc2ccc(S(=O)(=O)NCC(=O)OC(C)(C)C)cc2)c1. The number of hydrogen-bond donors (Lipinski definition) is 2. The normalized spacial score (nSPS) is 11.7.